The maximum absolute atomic E-state index is 12.2. The number of hydrogen-bond donors (Lipinski definition) is 1. The summed E-state index contributed by atoms with van der Waals surface area (Å²) >= 11 is 0. The summed E-state index contributed by atoms with van der Waals surface area (Å²) in [6.07, 6.45) is 1.56. The number of benzene rings is 1. The third kappa shape index (κ3) is 3.19. The van der Waals surface area contributed by atoms with E-state index in [1.165, 1.54) is 4.90 Å². The minimum absolute atomic E-state index is 0.102. The molecule has 1 atom stereocenters. The molecule has 2 aromatic rings. The highest BCUT2D eigenvalue weighted by molar-refractivity contribution is 5.97. The number of rotatable bonds is 5. The maximum Gasteiger partial charge on any atom is 0.251 e. The van der Waals surface area contributed by atoms with Crippen LogP contribution in [0.2, 0.25) is 0 Å². The number of furan rings is 1. The van der Waals surface area contributed by atoms with Crippen LogP contribution in [0.25, 0.3) is 0 Å². The van der Waals surface area contributed by atoms with E-state index in [1.807, 2.05) is 6.92 Å². The van der Waals surface area contributed by atoms with Crippen molar-refractivity contribution in [1.29, 1.82) is 0 Å². The first-order valence-corrected chi connectivity index (χ1v) is 7.53. The van der Waals surface area contributed by atoms with Crippen LogP contribution in [-0.4, -0.2) is 37.1 Å². The van der Waals surface area contributed by atoms with Gasteiger partial charge in [-0.3, -0.25) is 9.59 Å². The monoisotopic (exact) mass is 330 g/mol. The maximum atomic E-state index is 12.2. The molecule has 1 aromatic heterocycles. The van der Waals surface area contributed by atoms with Crippen molar-refractivity contribution >= 4 is 11.8 Å². The van der Waals surface area contributed by atoms with Crippen molar-refractivity contribution in [1.82, 2.24) is 10.2 Å². The molecule has 1 aromatic carbocycles. The van der Waals surface area contributed by atoms with Crippen LogP contribution < -0.4 is 14.8 Å². The van der Waals surface area contributed by atoms with E-state index in [-0.39, 0.29) is 31.2 Å². The van der Waals surface area contributed by atoms with Gasteiger partial charge in [-0.05, 0) is 37.3 Å². The van der Waals surface area contributed by atoms with E-state index >= 15 is 0 Å². The highest BCUT2D eigenvalue weighted by Crippen LogP contribution is 2.32. The number of hydrogen-bond acceptors (Lipinski definition) is 5. The largest absolute Gasteiger partial charge is 0.467 e. The normalized spacial score (nSPS) is 13.4. The van der Waals surface area contributed by atoms with Gasteiger partial charge in [0.25, 0.3) is 5.91 Å². The van der Waals surface area contributed by atoms with Gasteiger partial charge in [0, 0.05) is 12.6 Å². The molecule has 0 radical (unpaired) electrons. The van der Waals surface area contributed by atoms with Gasteiger partial charge in [0.05, 0.1) is 18.8 Å². The molecule has 1 aliphatic heterocycles. The Labute approximate surface area is 139 Å². The van der Waals surface area contributed by atoms with Gasteiger partial charge in [0.15, 0.2) is 11.5 Å². The molecule has 24 heavy (non-hydrogen) atoms. The van der Waals surface area contributed by atoms with Crippen molar-refractivity contribution in [2.75, 3.05) is 20.4 Å². The van der Waals surface area contributed by atoms with Crippen molar-refractivity contribution in [3.8, 4) is 11.5 Å². The van der Waals surface area contributed by atoms with Crippen LogP contribution >= 0.6 is 0 Å². The fourth-order valence-corrected chi connectivity index (χ4v) is 2.36. The van der Waals surface area contributed by atoms with E-state index in [0.717, 1.165) is 0 Å². The number of amides is 2. The Morgan fingerprint density at radius 1 is 1.25 bits per heavy atom. The third-order valence-corrected chi connectivity index (χ3v) is 3.96. The molecule has 2 amide bonds. The van der Waals surface area contributed by atoms with Crippen LogP contribution in [0.3, 0.4) is 0 Å². The van der Waals surface area contributed by atoms with Crippen molar-refractivity contribution in [3.63, 3.8) is 0 Å². The Kier molecular flexibility index (Phi) is 4.41. The smallest absolute Gasteiger partial charge is 0.251 e. The zero-order valence-electron chi connectivity index (χ0n) is 13.4. The van der Waals surface area contributed by atoms with Gasteiger partial charge in [0.2, 0.25) is 12.7 Å². The Hall–Kier alpha value is -2.96. The van der Waals surface area contributed by atoms with Crippen LogP contribution in [-0.2, 0) is 4.79 Å². The van der Waals surface area contributed by atoms with Crippen molar-refractivity contribution in [2.45, 2.75) is 13.0 Å². The van der Waals surface area contributed by atoms with Crippen molar-refractivity contribution < 1.29 is 23.5 Å². The second-order valence-electron chi connectivity index (χ2n) is 5.45. The number of likely N-dealkylation sites (N-methyl/N-ethyl adjacent to an activating group) is 1. The van der Waals surface area contributed by atoms with Crippen molar-refractivity contribution in [2.24, 2.45) is 0 Å². The number of ether oxygens (including phenoxy) is 2. The van der Waals surface area contributed by atoms with E-state index in [0.29, 0.717) is 22.8 Å². The van der Waals surface area contributed by atoms with Gasteiger partial charge in [0.1, 0.15) is 5.76 Å². The van der Waals surface area contributed by atoms with E-state index < -0.39 is 0 Å². The first-order valence-electron chi connectivity index (χ1n) is 7.53. The minimum Gasteiger partial charge on any atom is -0.467 e. The highest BCUT2D eigenvalue weighted by atomic mass is 16.7. The third-order valence-electron chi connectivity index (χ3n) is 3.96. The zero-order valence-corrected chi connectivity index (χ0v) is 13.4. The molecule has 1 N–H and O–H groups in total. The van der Waals surface area contributed by atoms with Gasteiger partial charge in [-0.25, -0.2) is 0 Å². The van der Waals surface area contributed by atoms with Gasteiger partial charge in [-0.2, -0.15) is 0 Å². The van der Waals surface area contributed by atoms with E-state index in [1.54, 1.807) is 43.6 Å². The van der Waals surface area contributed by atoms with Crippen molar-refractivity contribution in [3.05, 3.63) is 47.9 Å². The van der Waals surface area contributed by atoms with E-state index in [4.69, 9.17) is 13.9 Å². The van der Waals surface area contributed by atoms with E-state index in [9.17, 15) is 9.59 Å². The lowest BCUT2D eigenvalue weighted by atomic mass is 10.2. The first-order chi connectivity index (χ1) is 11.6. The Bertz CT molecular complexity index is 741. The summed E-state index contributed by atoms with van der Waals surface area (Å²) in [6, 6.07) is 8.25. The molecule has 0 bridgehead atoms. The molecule has 7 heteroatoms. The van der Waals surface area contributed by atoms with Crippen LogP contribution in [0.5, 0.6) is 11.5 Å². The standard InChI is InChI=1S/C17H18N2O5/c1-11(13-4-3-7-22-13)19(2)16(20)9-18-17(21)12-5-6-14-15(8-12)24-10-23-14/h3-8,11H,9-10H2,1-2H3,(H,18,21). The fourth-order valence-electron chi connectivity index (χ4n) is 2.36. The summed E-state index contributed by atoms with van der Waals surface area (Å²) in [7, 11) is 1.67. The average molecular weight is 330 g/mol. The van der Waals surface area contributed by atoms with E-state index in [2.05, 4.69) is 5.32 Å². The quantitative estimate of drug-likeness (QED) is 0.906. The van der Waals surface area contributed by atoms with Gasteiger partial charge in [-0.15, -0.1) is 0 Å². The second-order valence-corrected chi connectivity index (χ2v) is 5.45. The predicted molar refractivity (Wildman–Crippen MR) is 84.8 cm³/mol. The molecular formula is C17H18N2O5. The summed E-state index contributed by atoms with van der Waals surface area (Å²) in [6.45, 7) is 1.90. The van der Waals surface area contributed by atoms with Gasteiger partial charge < -0.3 is 24.1 Å². The molecule has 1 unspecified atom stereocenters. The molecule has 0 aliphatic carbocycles. The van der Waals surface area contributed by atoms with Gasteiger partial charge >= 0.3 is 0 Å². The van der Waals surface area contributed by atoms with Gasteiger partial charge in [-0.1, -0.05) is 0 Å². The predicted octanol–water partition coefficient (Wildman–Crippen LogP) is 1.96. The SMILES string of the molecule is CC(c1ccco1)N(C)C(=O)CNC(=O)c1ccc2c(c1)OCO2. The zero-order chi connectivity index (χ0) is 17.1. The van der Waals surface area contributed by atoms with Crippen LogP contribution in [0.1, 0.15) is 29.1 Å². The Morgan fingerprint density at radius 2 is 2.04 bits per heavy atom. The van der Waals surface area contributed by atoms with Crippen LogP contribution in [0, 0.1) is 0 Å². The number of carbonyl (C=O) groups is 2. The Morgan fingerprint density at radius 3 is 2.79 bits per heavy atom. The molecule has 1 aliphatic rings. The summed E-state index contributed by atoms with van der Waals surface area (Å²) in [5, 5.41) is 2.61. The lowest BCUT2D eigenvalue weighted by Crippen LogP contribution is -2.39. The first kappa shape index (κ1) is 15.9. The average Bonchev–Trinajstić information content (AvgIpc) is 3.28. The highest BCUT2D eigenvalue weighted by Gasteiger charge is 2.21. The summed E-state index contributed by atoms with van der Waals surface area (Å²) in [5.74, 6) is 1.26. The summed E-state index contributed by atoms with van der Waals surface area (Å²) < 4.78 is 15.7. The number of fused-ring (bicyclic) bond motifs is 1. The molecule has 2 heterocycles. The summed E-state index contributed by atoms with van der Waals surface area (Å²) in [5.41, 5.74) is 0.411. The Balaban J connectivity index is 1.56. The molecule has 0 spiro atoms. The molecule has 7 nitrogen and oxygen atoms in total. The number of carbonyl (C=O) groups excluding carboxylic acids is 2. The molecule has 3 rings (SSSR count). The molecular weight excluding hydrogens is 312 g/mol. The molecule has 126 valence electrons. The van der Waals surface area contributed by atoms with Crippen LogP contribution in [0.15, 0.2) is 41.0 Å². The second kappa shape index (κ2) is 6.66. The molecule has 0 fully saturated rings. The summed E-state index contributed by atoms with van der Waals surface area (Å²) in [4.78, 5) is 25.9. The minimum atomic E-state index is -0.347. The lowest BCUT2D eigenvalue weighted by Gasteiger charge is -2.23. The number of nitrogens with one attached hydrogen (secondary N) is 1. The molecule has 0 saturated carbocycles. The lowest BCUT2D eigenvalue weighted by molar-refractivity contribution is -0.131. The fraction of sp³-hybridized carbons (Fsp3) is 0.294. The topological polar surface area (TPSA) is 81.0 Å². The number of nitrogens with zero attached hydrogens (tertiary/aromatic N) is 1. The van der Waals surface area contributed by atoms with Crippen LogP contribution in [0.4, 0.5) is 0 Å². The molecule has 0 saturated heterocycles.